The molecule has 0 radical (unpaired) electrons. The molecule has 0 aliphatic heterocycles. The van der Waals surface area contributed by atoms with Crippen LogP contribution in [0, 0.1) is 12.3 Å². The van der Waals surface area contributed by atoms with E-state index in [1.54, 1.807) is 14.0 Å². The van der Waals surface area contributed by atoms with Gasteiger partial charge in [-0.25, -0.2) is 13.4 Å². The molecule has 1 aliphatic rings. The van der Waals surface area contributed by atoms with Crippen molar-refractivity contribution in [2.45, 2.75) is 56.7 Å². The zero-order valence-corrected chi connectivity index (χ0v) is 14.1. The van der Waals surface area contributed by atoms with E-state index >= 15 is 0 Å². The maximum absolute atomic E-state index is 12.7. The molecule has 1 fully saturated rings. The van der Waals surface area contributed by atoms with Crippen molar-refractivity contribution in [1.29, 1.82) is 0 Å². The number of nitrogens with zero attached hydrogens (tertiary/aromatic N) is 2. The Morgan fingerprint density at radius 2 is 1.90 bits per heavy atom. The van der Waals surface area contributed by atoms with Crippen molar-refractivity contribution in [3.63, 3.8) is 0 Å². The number of anilines is 1. The van der Waals surface area contributed by atoms with Crippen molar-refractivity contribution >= 4 is 26.5 Å². The highest BCUT2D eigenvalue weighted by molar-refractivity contribution is 7.91. The Labute approximate surface area is 125 Å². The minimum atomic E-state index is -3.48. The van der Waals surface area contributed by atoms with Crippen molar-refractivity contribution < 1.29 is 8.42 Å². The number of nitrogens with two attached hydrogens (primary N) is 1. The van der Waals surface area contributed by atoms with Crippen LogP contribution >= 0.6 is 11.3 Å². The molecule has 1 aromatic heterocycles. The summed E-state index contributed by atoms with van der Waals surface area (Å²) in [6.07, 6.45) is 3.94. The van der Waals surface area contributed by atoms with Crippen LogP contribution in [0.1, 0.15) is 45.2 Å². The average molecular weight is 317 g/mol. The van der Waals surface area contributed by atoms with E-state index in [0.717, 1.165) is 37.0 Å². The number of nitrogen functional groups attached to an aromatic ring is 1. The predicted molar refractivity (Wildman–Crippen MR) is 82.2 cm³/mol. The number of rotatable bonds is 3. The lowest BCUT2D eigenvalue weighted by atomic mass is 9.76. The van der Waals surface area contributed by atoms with E-state index in [1.807, 2.05) is 0 Å². The predicted octanol–water partition coefficient (Wildman–Crippen LogP) is 2.62. The van der Waals surface area contributed by atoms with Gasteiger partial charge in [-0.15, -0.1) is 0 Å². The summed E-state index contributed by atoms with van der Waals surface area (Å²) in [6, 6.07) is 0.0794. The number of aryl methyl sites for hydroxylation is 1. The fourth-order valence-electron chi connectivity index (χ4n) is 2.72. The van der Waals surface area contributed by atoms with Crippen LogP contribution < -0.4 is 5.73 Å². The third-order valence-corrected chi connectivity index (χ3v) is 7.69. The molecule has 0 amide bonds. The van der Waals surface area contributed by atoms with Crippen LogP contribution in [-0.2, 0) is 10.0 Å². The lowest BCUT2D eigenvalue weighted by Gasteiger charge is -2.37. The topological polar surface area (TPSA) is 76.3 Å². The third-order valence-electron chi connectivity index (χ3n) is 4.21. The van der Waals surface area contributed by atoms with E-state index in [9.17, 15) is 8.42 Å². The molecule has 0 unspecified atom stereocenters. The fraction of sp³-hybridized carbons (Fsp3) is 0.769. The molecule has 0 saturated heterocycles. The van der Waals surface area contributed by atoms with Crippen LogP contribution in [0.4, 0.5) is 5.13 Å². The van der Waals surface area contributed by atoms with Gasteiger partial charge in [0.1, 0.15) is 0 Å². The summed E-state index contributed by atoms with van der Waals surface area (Å²) in [4.78, 5) is 4.02. The van der Waals surface area contributed by atoms with Gasteiger partial charge in [-0.2, -0.15) is 4.31 Å². The summed E-state index contributed by atoms with van der Waals surface area (Å²) < 4.78 is 27.1. The van der Waals surface area contributed by atoms with Gasteiger partial charge in [0.15, 0.2) is 9.34 Å². The van der Waals surface area contributed by atoms with Crippen molar-refractivity contribution in [2.75, 3.05) is 12.8 Å². The first-order valence-corrected chi connectivity index (χ1v) is 9.10. The highest BCUT2D eigenvalue weighted by Gasteiger charge is 2.35. The van der Waals surface area contributed by atoms with Gasteiger partial charge in [0, 0.05) is 13.1 Å². The number of hydrogen-bond acceptors (Lipinski definition) is 5. The SMILES string of the molecule is Cc1nc(N)sc1S(=O)(=O)N(C)C1CCC(C)(C)CC1. The first-order chi connectivity index (χ1) is 9.13. The van der Waals surface area contributed by atoms with E-state index in [-0.39, 0.29) is 10.3 Å². The van der Waals surface area contributed by atoms with Gasteiger partial charge in [0.25, 0.3) is 10.0 Å². The Hall–Kier alpha value is -0.660. The molecule has 2 N–H and O–H groups in total. The standard InChI is InChI=1S/C13H23N3O2S2/c1-9-11(19-12(14)15-9)20(17,18)16(4)10-5-7-13(2,3)8-6-10/h10H,5-8H2,1-4H3,(H2,14,15). The maximum atomic E-state index is 12.7. The highest BCUT2D eigenvalue weighted by Crippen LogP contribution is 2.38. The Bertz CT molecular complexity index is 583. The minimum absolute atomic E-state index is 0.0794. The summed E-state index contributed by atoms with van der Waals surface area (Å²) in [5.41, 5.74) is 6.44. The molecule has 5 nitrogen and oxygen atoms in total. The molecule has 0 bridgehead atoms. The van der Waals surface area contributed by atoms with Gasteiger partial charge in [-0.05, 0) is 38.0 Å². The first kappa shape index (κ1) is 15.7. The Balaban J connectivity index is 2.20. The molecule has 0 atom stereocenters. The van der Waals surface area contributed by atoms with E-state index < -0.39 is 10.0 Å². The Morgan fingerprint density at radius 3 is 2.35 bits per heavy atom. The van der Waals surface area contributed by atoms with Gasteiger partial charge in [0.2, 0.25) is 0 Å². The van der Waals surface area contributed by atoms with Gasteiger partial charge in [-0.1, -0.05) is 25.2 Å². The second-order valence-electron chi connectivity index (χ2n) is 6.34. The summed E-state index contributed by atoms with van der Waals surface area (Å²) in [5.74, 6) is 0. The third kappa shape index (κ3) is 2.99. The van der Waals surface area contributed by atoms with Gasteiger partial charge in [-0.3, -0.25) is 0 Å². The van der Waals surface area contributed by atoms with Gasteiger partial charge < -0.3 is 5.73 Å². The van der Waals surface area contributed by atoms with E-state index in [0.29, 0.717) is 16.2 Å². The van der Waals surface area contributed by atoms with Crippen molar-refractivity contribution in [1.82, 2.24) is 9.29 Å². The largest absolute Gasteiger partial charge is 0.375 e. The van der Waals surface area contributed by atoms with Gasteiger partial charge in [0.05, 0.1) is 5.69 Å². The molecule has 1 aliphatic carbocycles. The lowest BCUT2D eigenvalue weighted by molar-refractivity contribution is 0.174. The average Bonchev–Trinajstić information content (AvgIpc) is 2.68. The second-order valence-corrected chi connectivity index (χ2v) is 9.57. The molecule has 1 aromatic rings. The Kier molecular flexibility index (Phi) is 4.15. The van der Waals surface area contributed by atoms with Crippen LogP contribution in [0.25, 0.3) is 0 Å². The van der Waals surface area contributed by atoms with Crippen molar-refractivity contribution in [3.05, 3.63) is 5.69 Å². The number of aromatic nitrogens is 1. The van der Waals surface area contributed by atoms with Crippen LogP contribution in [0.5, 0.6) is 0 Å². The maximum Gasteiger partial charge on any atom is 0.254 e. The summed E-state index contributed by atoms with van der Waals surface area (Å²) >= 11 is 1.05. The normalized spacial score (nSPS) is 20.4. The zero-order valence-electron chi connectivity index (χ0n) is 12.5. The van der Waals surface area contributed by atoms with E-state index in [4.69, 9.17) is 5.73 Å². The summed E-state index contributed by atoms with van der Waals surface area (Å²) in [6.45, 7) is 6.18. The lowest BCUT2D eigenvalue weighted by Crippen LogP contribution is -2.40. The number of thiazole rings is 1. The molecule has 114 valence electrons. The quantitative estimate of drug-likeness (QED) is 0.929. The van der Waals surface area contributed by atoms with E-state index in [1.165, 1.54) is 4.31 Å². The fourth-order valence-corrected chi connectivity index (χ4v) is 5.60. The molecule has 1 heterocycles. The van der Waals surface area contributed by atoms with Crippen LogP contribution in [-0.4, -0.2) is 30.8 Å². The molecule has 7 heteroatoms. The second kappa shape index (κ2) is 5.27. The van der Waals surface area contributed by atoms with Crippen LogP contribution in [0.2, 0.25) is 0 Å². The Morgan fingerprint density at radius 1 is 1.35 bits per heavy atom. The van der Waals surface area contributed by atoms with Gasteiger partial charge >= 0.3 is 0 Å². The first-order valence-electron chi connectivity index (χ1n) is 6.84. The molecule has 1 saturated carbocycles. The molecule has 0 aromatic carbocycles. The summed E-state index contributed by atoms with van der Waals surface area (Å²) in [7, 11) is -1.80. The molecular formula is C13H23N3O2S2. The van der Waals surface area contributed by atoms with Crippen molar-refractivity contribution in [3.8, 4) is 0 Å². The van der Waals surface area contributed by atoms with Crippen molar-refractivity contribution in [2.24, 2.45) is 5.41 Å². The minimum Gasteiger partial charge on any atom is -0.375 e. The molecule has 2 rings (SSSR count). The van der Waals surface area contributed by atoms with Crippen LogP contribution in [0.15, 0.2) is 4.21 Å². The molecule has 0 spiro atoms. The van der Waals surface area contributed by atoms with Crippen LogP contribution in [0.3, 0.4) is 0 Å². The number of hydrogen-bond donors (Lipinski definition) is 1. The monoisotopic (exact) mass is 317 g/mol. The van der Waals surface area contributed by atoms with E-state index in [2.05, 4.69) is 18.8 Å². The highest BCUT2D eigenvalue weighted by atomic mass is 32.2. The molecule has 20 heavy (non-hydrogen) atoms. The molecular weight excluding hydrogens is 294 g/mol. The smallest absolute Gasteiger partial charge is 0.254 e. The zero-order chi connectivity index (χ0) is 15.1. The summed E-state index contributed by atoms with van der Waals surface area (Å²) in [5, 5.41) is 0.305. The number of sulfonamides is 1.